The van der Waals surface area contributed by atoms with Gasteiger partial charge in [0.25, 0.3) is 0 Å². The summed E-state index contributed by atoms with van der Waals surface area (Å²) >= 11 is 0. The average Bonchev–Trinajstić information content (AvgIpc) is 2.38. The van der Waals surface area contributed by atoms with E-state index in [1.165, 1.54) is 6.92 Å². The Balaban J connectivity index is 4.60. The molecule has 19 heavy (non-hydrogen) atoms. The second kappa shape index (κ2) is 9.09. The molecular formula is C13H19NO5. The number of hydrogen-bond donors (Lipinski definition) is 0. The van der Waals surface area contributed by atoms with E-state index in [2.05, 4.69) is 0 Å². The summed E-state index contributed by atoms with van der Waals surface area (Å²) in [6.45, 7) is 5.03. The summed E-state index contributed by atoms with van der Waals surface area (Å²) in [5, 5.41) is 8.60. The molecule has 0 saturated heterocycles. The van der Waals surface area contributed by atoms with Crippen LogP contribution in [-0.4, -0.2) is 30.9 Å². The molecule has 0 aromatic rings. The van der Waals surface area contributed by atoms with Crippen LogP contribution in [0, 0.1) is 23.2 Å². The largest absolute Gasteiger partial charge is 0.465 e. The zero-order chi connectivity index (χ0) is 14.8. The van der Waals surface area contributed by atoms with Crippen molar-refractivity contribution in [3.05, 3.63) is 0 Å². The summed E-state index contributed by atoms with van der Waals surface area (Å²) in [7, 11) is 0. The highest BCUT2D eigenvalue weighted by Gasteiger charge is 2.30. The number of nitriles is 1. The molecule has 0 spiro atoms. The molecule has 6 nitrogen and oxygen atoms in total. The third-order valence-corrected chi connectivity index (χ3v) is 2.50. The first-order valence-electron chi connectivity index (χ1n) is 6.23. The molecule has 0 N–H and O–H groups in total. The van der Waals surface area contributed by atoms with Crippen LogP contribution in [0.25, 0.3) is 0 Å². The molecule has 106 valence electrons. The minimum Gasteiger partial charge on any atom is -0.465 e. The van der Waals surface area contributed by atoms with Crippen LogP contribution in [0.1, 0.15) is 33.6 Å². The molecule has 0 radical (unpaired) electrons. The first-order chi connectivity index (χ1) is 8.97. The van der Waals surface area contributed by atoms with E-state index in [-0.39, 0.29) is 31.8 Å². The van der Waals surface area contributed by atoms with Crippen molar-refractivity contribution in [2.24, 2.45) is 11.8 Å². The van der Waals surface area contributed by atoms with E-state index in [4.69, 9.17) is 14.7 Å². The summed E-state index contributed by atoms with van der Waals surface area (Å²) in [6, 6.07) is 1.82. The number of ketones is 1. The summed E-state index contributed by atoms with van der Waals surface area (Å²) in [4.78, 5) is 34.7. The van der Waals surface area contributed by atoms with Gasteiger partial charge in [0.2, 0.25) is 0 Å². The molecule has 0 bridgehead atoms. The molecule has 0 aliphatic rings. The fourth-order valence-corrected chi connectivity index (χ4v) is 1.39. The molecule has 0 aliphatic heterocycles. The standard InChI is InChI=1S/C13H19NO5/c1-4-18-12(16)10(13(17)19-5-2)6-7-11(15)9(3)8-14/h9-10H,4-7H2,1-3H3. The van der Waals surface area contributed by atoms with E-state index in [1.807, 2.05) is 6.07 Å². The number of carbonyl (C=O) groups excluding carboxylic acids is 3. The van der Waals surface area contributed by atoms with Crippen molar-refractivity contribution >= 4 is 17.7 Å². The van der Waals surface area contributed by atoms with Crippen LogP contribution < -0.4 is 0 Å². The van der Waals surface area contributed by atoms with E-state index in [0.29, 0.717) is 0 Å². The van der Waals surface area contributed by atoms with Gasteiger partial charge in [-0.1, -0.05) is 0 Å². The number of ether oxygens (including phenoxy) is 2. The van der Waals surface area contributed by atoms with Crippen LogP contribution in [0.3, 0.4) is 0 Å². The van der Waals surface area contributed by atoms with Gasteiger partial charge >= 0.3 is 11.9 Å². The van der Waals surface area contributed by atoms with E-state index in [0.717, 1.165) is 0 Å². The van der Waals surface area contributed by atoms with Gasteiger partial charge < -0.3 is 9.47 Å². The highest BCUT2D eigenvalue weighted by molar-refractivity contribution is 5.95. The molecule has 0 aliphatic carbocycles. The van der Waals surface area contributed by atoms with Gasteiger partial charge in [0.15, 0.2) is 5.92 Å². The number of rotatable bonds is 8. The lowest BCUT2D eigenvalue weighted by Gasteiger charge is -2.14. The van der Waals surface area contributed by atoms with Gasteiger partial charge in [-0.15, -0.1) is 0 Å². The molecular weight excluding hydrogens is 250 g/mol. The van der Waals surface area contributed by atoms with Gasteiger partial charge in [0.05, 0.1) is 19.3 Å². The van der Waals surface area contributed by atoms with Crippen molar-refractivity contribution in [2.45, 2.75) is 33.6 Å². The molecule has 0 rings (SSSR count). The van der Waals surface area contributed by atoms with Gasteiger partial charge in [-0.2, -0.15) is 5.26 Å². The highest BCUT2D eigenvalue weighted by Crippen LogP contribution is 2.14. The van der Waals surface area contributed by atoms with Crippen LogP contribution in [0.4, 0.5) is 0 Å². The van der Waals surface area contributed by atoms with Crippen LogP contribution in [0.15, 0.2) is 0 Å². The van der Waals surface area contributed by atoms with Crippen molar-refractivity contribution in [3.8, 4) is 6.07 Å². The topological polar surface area (TPSA) is 93.5 Å². The van der Waals surface area contributed by atoms with Crippen molar-refractivity contribution in [3.63, 3.8) is 0 Å². The van der Waals surface area contributed by atoms with Crippen LogP contribution in [0.2, 0.25) is 0 Å². The lowest BCUT2D eigenvalue weighted by Crippen LogP contribution is -2.29. The average molecular weight is 269 g/mol. The van der Waals surface area contributed by atoms with Gasteiger partial charge in [-0.25, -0.2) is 0 Å². The Labute approximate surface area is 112 Å². The Morgan fingerprint density at radius 2 is 1.58 bits per heavy atom. The van der Waals surface area contributed by atoms with Crippen molar-refractivity contribution in [1.82, 2.24) is 0 Å². The van der Waals surface area contributed by atoms with E-state index in [1.54, 1.807) is 13.8 Å². The molecule has 0 saturated carbocycles. The number of carbonyl (C=O) groups is 3. The summed E-state index contributed by atoms with van der Waals surface area (Å²) in [5.74, 6) is -3.54. The smallest absolute Gasteiger partial charge is 0.320 e. The Kier molecular flexibility index (Phi) is 8.18. The minimum absolute atomic E-state index is 0.00250. The molecule has 1 unspecified atom stereocenters. The maximum absolute atomic E-state index is 11.6. The molecule has 6 heteroatoms. The Hall–Kier alpha value is -1.90. The second-order valence-corrected chi connectivity index (χ2v) is 3.91. The maximum atomic E-state index is 11.6. The lowest BCUT2D eigenvalue weighted by atomic mass is 9.97. The quantitative estimate of drug-likeness (QED) is 0.486. The maximum Gasteiger partial charge on any atom is 0.320 e. The zero-order valence-corrected chi connectivity index (χ0v) is 11.5. The van der Waals surface area contributed by atoms with Crippen molar-refractivity contribution in [1.29, 1.82) is 5.26 Å². The first-order valence-corrected chi connectivity index (χ1v) is 6.23. The monoisotopic (exact) mass is 269 g/mol. The van der Waals surface area contributed by atoms with Gasteiger partial charge in [-0.05, 0) is 27.2 Å². The van der Waals surface area contributed by atoms with Crippen LogP contribution >= 0.6 is 0 Å². The summed E-state index contributed by atoms with van der Waals surface area (Å²) in [5.41, 5.74) is 0. The SMILES string of the molecule is CCOC(=O)C(CCC(=O)C(C)C#N)C(=O)OCC. The Morgan fingerprint density at radius 3 is 1.95 bits per heavy atom. The Morgan fingerprint density at radius 1 is 1.11 bits per heavy atom. The highest BCUT2D eigenvalue weighted by atomic mass is 16.6. The second-order valence-electron chi connectivity index (χ2n) is 3.91. The van der Waals surface area contributed by atoms with E-state index < -0.39 is 23.8 Å². The fraction of sp³-hybridized carbons (Fsp3) is 0.692. The minimum atomic E-state index is -1.10. The van der Waals surface area contributed by atoms with Crippen LogP contribution in [0.5, 0.6) is 0 Å². The van der Waals surface area contributed by atoms with E-state index in [9.17, 15) is 14.4 Å². The van der Waals surface area contributed by atoms with Gasteiger partial charge in [0, 0.05) is 6.42 Å². The molecule has 0 amide bonds. The van der Waals surface area contributed by atoms with Crippen molar-refractivity contribution < 1.29 is 23.9 Å². The fourth-order valence-electron chi connectivity index (χ4n) is 1.39. The number of Topliss-reactive ketones (excluding diaryl/α,β-unsaturated/α-hetero) is 1. The molecule has 0 aromatic heterocycles. The summed E-state index contributed by atoms with van der Waals surface area (Å²) in [6.07, 6.45) is -0.0282. The number of hydrogen-bond acceptors (Lipinski definition) is 6. The zero-order valence-electron chi connectivity index (χ0n) is 11.5. The number of nitrogens with zero attached hydrogens (tertiary/aromatic N) is 1. The molecule has 0 aromatic carbocycles. The third kappa shape index (κ3) is 6.00. The third-order valence-electron chi connectivity index (χ3n) is 2.50. The Bertz CT molecular complexity index is 354. The normalized spacial score (nSPS) is 11.5. The molecule has 0 fully saturated rings. The van der Waals surface area contributed by atoms with Gasteiger partial charge in [0.1, 0.15) is 11.7 Å². The molecule has 0 heterocycles. The molecule has 1 atom stereocenters. The predicted molar refractivity (Wildman–Crippen MR) is 65.8 cm³/mol. The van der Waals surface area contributed by atoms with Gasteiger partial charge in [-0.3, -0.25) is 14.4 Å². The van der Waals surface area contributed by atoms with Crippen LogP contribution in [-0.2, 0) is 23.9 Å². The lowest BCUT2D eigenvalue weighted by molar-refractivity contribution is -0.161. The summed E-state index contributed by atoms with van der Waals surface area (Å²) < 4.78 is 9.55. The number of esters is 2. The van der Waals surface area contributed by atoms with Crippen molar-refractivity contribution in [2.75, 3.05) is 13.2 Å². The predicted octanol–water partition coefficient (Wildman–Crippen LogP) is 1.24. The van der Waals surface area contributed by atoms with E-state index >= 15 is 0 Å². The first kappa shape index (κ1) is 17.1.